The van der Waals surface area contributed by atoms with E-state index in [0.29, 0.717) is 0 Å². The van der Waals surface area contributed by atoms with Crippen LogP contribution in [0.2, 0.25) is 0 Å². The maximum Gasteiger partial charge on any atom is 0.0687 e. The topological polar surface area (TPSA) is 12.4 Å². The normalized spacial score (nSPS) is 13.4. The standard InChI is InChI=1S/C15H20ClN/c1-11-7-6-8-12(2)14(11)17-10-9-13(16)15(3,4)5/h6-10H,1-5H3/b13-9-,17-10?. The van der Waals surface area contributed by atoms with Crippen molar-refractivity contribution < 1.29 is 0 Å². The van der Waals surface area contributed by atoms with Gasteiger partial charge in [-0.1, -0.05) is 50.6 Å². The quantitative estimate of drug-likeness (QED) is 0.641. The van der Waals surface area contributed by atoms with Crippen LogP contribution in [-0.2, 0) is 0 Å². The van der Waals surface area contributed by atoms with Gasteiger partial charge in [-0.05, 0) is 36.5 Å². The Labute approximate surface area is 109 Å². The van der Waals surface area contributed by atoms with Gasteiger partial charge in [0, 0.05) is 11.2 Å². The van der Waals surface area contributed by atoms with Gasteiger partial charge in [0.15, 0.2) is 0 Å². The molecule has 0 fully saturated rings. The van der Waals surface area contributed by atoms with Crippen LogP contribution >= 0.6 is 11.6 Å². The lowest BCUT2D eigenvalue weighted by Crippen LogP contribution is -2.04. The first-order valence-electron chi connectivity index (χ1n) is 5.79. The third-order valence-corrected chi connectivity index (χ3v) is 3.27. The molecule has 0 heterocycles. The van der Waals surface area contributed by atoms with Gasteiger partial charge >= 0.3 is 0 Å². The van der Waals surface area contributed by atoms with Crippen LogP contribution in [0.1, 0.15) is 31.9 Å². The van der Waals surface area contributed by atoms with Crippen molar-refractivity contribution >= 4 is 23.5 Å². The SMILES string of the molecule is Cc1cccc(C)c1N=C/C=C(\Cl)C(C)(C)C. The van der Waals surface area contributed by atoms with E-state index < -0.39 is 0 Å². The zero-order chi connectivity index (χ0) is 13.1. The number of nitrogens with zero attached hydrogens (tertiary/aromatic N) is 1. The molecular formula is C15H20ClN. The van der Waals surface area contributed by atoms with Crippen molar-refractivity contribution in [3.8, 4) is 0 Å². The molecule has 0 amide bonds. The molecule has 1 nitrogen and oxygen atoms in total. The predicted molar refractivity (Wildman–Crippen MR) is 77.5 cm³/mol. The van der Waals surface area contributed by atoms with Crippen LogP contribution in [0.3, 0.4) is 0 Å². The van der Waals surface area contributed by atoms with Crippen LogP contribution in [0.4, 0.5) is 5.69 Å². The molecule has 0 unspecified atom stereocenters. The van der Waals surface area contributed by atoms with Crippen molar-refractivity contribution in [2.75, 3.05) is 0 Å². The molecular weight excluding hydrogens is 230 g/mol. The summed E-state index contributed by atoms with van der Waals surface area (Å²) < 4.78 is 0. The van der Waals surface area contributed by atoms with E-state index in [1.807, 2.05) is 12.1 Å². The van der Waals surface area contributed by atoms with E-state index in [1.54, 1.807) is 6.21 Å². The summed E-state index contributed by atoms with van der Waals surface area (Å²) in [5.74, 6) is 0. The minimum Gasteiger partial charge on any atom is -0.256 e. The molecule has 0 saturated heterocycles. The molecule has 0 N–H and O–H groups in total. The van der Waals surface area contributed by atoms with Gasteiger partial charge in [-0.3, -0.25) is 4.99 Å². The third-order valence-electron chi connectivity index (χ3n) is 2.58. The molecule has 0 aliphatic rings. The van der Waals surface area contributed by atoms with Gasteiger partial charge in [-0.25, -0.2) is 0 Å². The Bertz CT molecular complexity index is 430. The van der Waals surface area contributed by atoms with E-state index in [9.17, 15) is 0 Å². The highest BCUT2D eigenvalue weighted by molar-refractivity contribution is 6.31. The number of para-hydroxylation sites is 1. The van der Waals surface area contributed by atoms with E-state index in [-0.39, 0.29) is 5.41 Å². The van der Waals surface area contributed by atoms with Crippen LogP contribution in [0.5, 0.6) is 0 Å². The Hall–Kier alpha value is -1.08. The summed E-state index contributed by atoms with van der Waals surface area (Å²) in [6.07, 6.45) is 3.65. The average molecular weight is 250 g/mol. The van der Waals surface area contributed by atoms with Gasteiger partial charge in [-0.15, -0.1) is 0 Å². The lowest BCUT2D eigenvalue weighted by Gasteiger charge is -2.16. The summed E-state index contributed by atoms with van der Waals surface area (Å²) in [6, 6.07) is 6.17. The zero-order valence-corrected chi connectivity index (χ0v) is 12.0. The Morgan fingerprint density at radius 1 is 1.18 bits per heavy atom. The molecule has 0 aliphatic heterocycles. The van der Waals surface area contributed by atoms with E-state index in [4.69, 9.17) is 11.6 Å². The van der Waals surface area contributed by atoms with E-state index in [2.05, 4.69) is 51.7 Å². The second-order valence-electron chi connectivity index (χ2n) is 5.28. The zero-order valence-electron chi connectivity index (χ0n) is 11.2. The monoisotopic (exact) mass is 249 g/mol. The molecule has 0 atom stereocenters. The fourth-order valence-electron chi connectivity index (χ4n) is 1.44. The summed E-state index contributed by atoms with van der Waals surface area (Å²) >= 11 is 6.17. The molecule has 0 aromatic heterocycles. The average Bonchev–Trinajstić information content (AvgIpc) is 2.20. The largest absolute Gasteiger partial charge is 0.256 e. The van der Waals surface area contributed by atoms with Crippen LogP contribution in [0, 0.1) is 19.3 Å². The van der Waals surface area contributed by atoms with E-state index in [1.165, 1.54) is 11.1 Å². The van der Waals surface area contributed by atoms with Gasteiger partial charge in [0.25, 0.3) is 0 Å². The molecule has 92 valence electrons. The molecule has 1 rings (SSSR count). The fraction of sp³-hybridized carbons (Fsp3) is 0.400. The molecule has 0 saturated carbocycles. The Morgan fingerprint density at radius 3 is 2.18 bits per heavy atom. The second kappa shape index (κ2) is 5.50. The first-order valence-corrected chi connectivity index (χ1v) is 6.16. The van der Waals surface area contributed by atoms with Gasteiger partial charge in [0.2, 0.25) is 0 Å². The third kappa shape index (κ3) is 4.01. The number of aryl methyl sites for hydroxylation is 2. The molecule has 0 aliphatic carbocycles. The Morgan fingerprint density at radius 2 is 1.71 bits per heavy atom. The molecule has 1 aromatic carbocycles. The van der Waals surface area contributed by atoms with Crippen molar-refractivity contribution in [1.29, 1.82) is 0 Å². The van der Waals surface area contributed by atoms with E-state index >= 15 is 0 Å². The summed E-state index contributed by atoms with van der Waals surface area (Å²) in [6.45, 7) is 10.4. The fourth-order valence-corrected chi connectivity index (χ4v) is 1.49. The number of hydrogen-bond donors (Lipinski definition) is 0. The first-order chi connectivity index (χ1) is 7.82. The Kier molecular flexibility index (Phi) is 4.53. The number of benzene rings is 1. The highest BCUT2D eigenvalue weighted by Crippen LogP contribution is 2.28. The number of halogens is 1. The molecule has 2 heteroatoms. The minimum atomic E-state index is -0.0195. The minimum absolute atomic E-state index is 0.0195. The number of rotatable bonds is 2. The smallest absolute Gasteiger partial charge is 0.0687 e. The maximum absolute atomic E-state index is 6.17. The Balaban J connectivity index is 2.93. The van der Waals surface area contributed by atoms with Crippen LogP contribution < -0.4 is 0 Å². The van der Waals surface area contributed by atoms with Crippen molar-refractivity contribution in [2.45, 2.75) is 34.6 Å². The van der Waals surface area contributed by atoms with Crippen LogP contribution in [0.15, 0.2) is 34.3 Å². The highest BCUT2D eigenvalue weighted by Gasteiger charge is 2.13. The number of allylic oxidation sites excluding steroid dienone is 2. The lowest BCUT2D eigenvalue weighted by molar-refractivity contribution is 0.531. The summed E-state index contributed by atoms with van der Waals surface area (Å²) in [4.78, 5) is 4.47. The van der Waals surface area contributed by atoms with Gasteiger partial charge in [0.1, 0.15) is 0 Å². The van der Waals surface area contributed by atoms with Gasteiger partial charge < -0.3 is 0 Å². The number of aliphatic imine (C=N–C) groups is 1. The van der Waals surface area contributed by atoms with Crippen molar-refractivity contribution in [3.05, 3.63) is 40.4 Å². The van der Waals surface area contributed by atoms with Gasteiger partial charge in [0.05, 0.1) is 5.69 Å². The molecule has 17 heavy (non-hydrogen) atoms. The highest BCUT2D eigenvalue weighted by atomic mass is 35.5. The van der Waals surface area contributed by atoms with Gasteiger partial charge in [-0.2, -0.15) is 0 Å². The van der Waals surface area contributed by atoms with Crippen molar-refractivity contribution in [2.24, 2.45) is 10.4 Å². The first kappa shape index (κ1) is 14.0. The predicted octanol–water partition coefficient (Wildman–Crippen LogP) is 5.17. The van der Waals surface area contributed by atoms with Crippen molar-refractivity contribution in [3.63, 3.8) is 0 Å². The second-order valence-corrected chi connectivity index (χ2v) is 5.69. The molecule has 0 bridgehead atoms. The summed E-state index contributed by atoms with van der Waals surface area (Å²) in [5.41, 5.74) is 3.37. The summed E-state index contributed by atoms with van der Waals surface area (Å²) in [7, 11) is 0. The number of hydrogen-bond acceptors (Lipinski definition) is 1. The molecule has 0 radical (unpaired) electrons. The molecule has 0 spiro atoms. The van der Waals surface area contributed by atoms with E-state index in [0.717, 1.165) is 10.7 Å². The van der Waals surface area contributed by atoms with Crippen LogP contribution in [0.25, 0.3) is 0 Å². The van der Waals surface area contributed by atoms with Crippen molar-refractivity contribution in [1.82, 2.24) is 0 Å². The lowest BCUT2D eigenvalue weighted by atomic mass is 9.96. The molecule has 1 aromatic rings. The summed E-state index contributed by atoms with van der Waals surface area (Å²) in [5, 5.41) is 0.812. The maximum atomic E-state index is 6.17. The van der Waals surface area contributed by atoms with Crippen LogP contribution in [-0.4, -0.2) is 6.21 Å².